The number of phenolic OH excluding ortho intramolecular Hbond substituents is 1. The highest BCUT2D eigenvalue weighted by Gasteiger charge is 2.63. The summed E-state index contributed by atoms with van der Waals surface area (Å²) < 4.78 is 27.1. The fourth-order valence-corrected chi connectivity index (χ4v) is 6.82. The van der Waals surface area contributed by atoms with E-state index in [4.69, 9.17) is 23.4 Å². The Bertz CT molecular complexity index is 2210. The summed E-state index contributed by atoms with van der Waals surface area (Å²) >= 11 is 0. The molecule has 46 heavy (non-hydrogen) atoms. The molecule has 0 radical (unpaired) electrons. The topological polar surface area (TPSA) is 176 Å². The van der Waals surface area contributed by atoms with Crippen LogP contribution in [0.3, 0.4) is 0 Å². The summed E-state index contributed by atoms with van der Waals surface area (Å²) in [6, 6.07) is 7.17. The number of phenols is 1. The van der Waals surface area contributed by atoms with Crippen molar-refractivity contribution in [2.75, 3.05) is 20.8 Å². The molecule has 2 atom stereocenters. The number of carbonyl (C=O) groups is 5. The number of fused-ring (bicyclic) bond motifs is 7. The van der Waals surface area contributed by atoms with Crippen LogP contribution in [0.4, 0.5) is 0 Å². The van der Waals surface area contributed by atoms with E-state index in [1.165, 1.54) is 52.3 Å². The molecule has 1 fully saturated rings. The summed E-state index contributed by atoms with van der Waals surface area (Å²) in [7, 11) is 2.76. The third-order valence-electron chi connectivity index (χ3n) is 8.87. The highest BCUT2D eigenvalue weighted by molar-refractivity contribution is 6.32. The first-order valence-electron chi connectivity index (χ1n) is 14.1. The van der Waals surface area contributed by atoms with Gasteiger partial charge in [0.15, 0.2) is 28.5 Å². The number of rotatable bonds is 4. The molecule has 1 aromatic heterocycles. The van der Waals surface area contributed by atoms with E-state index < -0.39 is 69.8 Å². The van der Waals surface area contributed by atoms with Gasteiger partial charge in [-0.2, -0.15) is 0 Å². The fraction of sp³-hybridized carbons (Fsp3) is 0.273. The van der Waals surface area contributed by atoms with Crippen molar-refractivity contribution in [3.63, 3.8) is 0 Å². The Balaban J connectivity index is 1.44. The Labute approximate surface area is 259 Å². The minimum Gasteiger partial charge on any atom is -0.506 e. The largest absolute Gasteiger partial charge is 0.506 e. The SMILES string of the molecule is COc1cc2oc3c(c(=O)c2cc1OC)C(=O)c1c(ccc2cc4c(c(O)c12)C(=O)N1C(C)(C4)OC(=O)C1(C)COC(C)=O)C3=O. The number of ether oxygens (including phenoxy) is 4. The number of benzene rings is 3. The van der Waals surface area contributed by atoms with Crippen molar-refractivity contribution in [3.8, 4) is 17.2 Å². The molecule has 1 amide bonds. The van der Waals surface area contributed by atoms with Crippen molar-refractivity contribution in [2.24, 2.45) is 0 Å². The minimum atomic E-state index is -1.72. The molecule has 0 bridgehead atoms. The van der Waals surface area contributed by atoms with Gasteiger partial charge in [0.25, 0.3) is 5.91 Å². The van der Waals surface area contributed by atoms with Crippen LogP contribution in [0, 0.1) is 0 Å². The van der Waals surface area contributed by atoms with Crippen LogP contribution in [-0.2, 0) is 25.5 Å². The Kier molecular flexibility index (Phi) is 5.93. The molecule has 2 unspecified atom stereocenters. The summed E-state index contributed by atoms with van der Waals surface area (Å²) in [6.07, 6.45) is -0.0351. The van der Waals surface area contributed by atoms with E-state index in [-0.39, 0.29) is 51.0 Å². The molecule has 1 N–H and O–H groups in total. The number of ketones is 2. The van der Waals surface area contributed by atoms with Crippen molar-refractivity contribution in [2.45, 2.75) is 38.5 Å². The predicted molar refractivity (Wildman–Crippen MR) is 157 cm³/mol. The number of aromatic hydroxyl groups is 1. The molecule has 234 valence electrons. The van der Waals surface area contributed by atoms with Crippen LogP contribution in [0.1, 0.15) is 68.7 Å². The van der Waals surface area contributed by atoms with Crippen LogP contribution in [0.5, 0.6) is 17.2 Å². The van der Waals surface area contributed by atoms with Gasteiger partial charge < -0.3 is 28.5 Å². The van der Waals surface area contributed by atoms with Gasteiger partial charge in [-0.1, -0.05) is 6.07 Å². The summed E-state index contributed by atoms with van der Waals surface area (Å²) in [6.45, 7) is 3.59. The lowest BCUT2D eigenvalue weighted by Gasteiger charge is -2.42. The van der Waals surface area contributed by atoms with Gasteiger partial charge in [0.05, 0.1) is 25.2 Å². The van der Waals surface area contributed by atoms with E-state index in [0.29, 0.717) is 10.9 Å². The highest BCUT2D eigenvalue weighted by atomic mass is 16.6. The fourth-order valence-electron chi connectivity index (χ4n) is 6.82. The third kappa shape index (κ3) is 3.62. The maximum atomic E-state index is 14.2. The molecule has 3 heterocycles. The summed E-state index contributed by atoms with van der Waals surface area (Å²) in [5, 5.41) is 11.9. The Hall–Kier alpha value is -5.72. The van der Waals surface area contributed by atoms with Crippen molar-refractivity contribution < 1.29 is 52.4 Å². The van der Waals surface area contributed by atoms with Crippen molar-refractivity contribution in [3.05, 3.63) is 74.1 Å². The second kappa shape index (κ2) is 9.39. The first kappa shape index (κ1) is 29.0. The quantitative estimate of drug-likeness (QED) is 0.289. The van der Waals surface area contributed by atoms with Crippen LogP contribution in [0.25, 0.3) is 21.7 Å². The number of methoxy groups -OCH3 is 2. The number of hydrogen-bond acceptors (Lipinski definition) is 12. The summed E-state index contributed by atoms with van der Waals surface area (Å²) in [5.74, 6) is -4.61. The number of esters is 2. The van der Waals surface area contributed by atoms with E-state index in [2.05, 4.69) is 0 Å². The van der Waals surface area contributed by atoms with E-state index in [9.17, 15) is 33.9 Å². The summed E-state index contributed by atoms with van der Waals surface area (Å²) in [4.78, 5) is 81.6. The van der Waals surface area contributed by atoms with Crippen molar-refractivity contribution in [1.29, 1.82) is 0 Å². The molecular weight excluding hydrogens is 602 g/mol. The molecule has 13 nitrogen and oxygen atoms in total. The number of hydrogen-bond donors (Lipinski definition) is 1. The average molecular weight is 628 g/mol. The normalized spacial score (nSPS) is 21.5. The lowest BCUT2D eigenvalue weighted by molar-refractivity contribution is -0.153. The molecule has 1 saturated heterocycles. The van der Waals surface area contributed by atoms with E-state index in [1.807, 2.05) is 0 Å². The number of carbonyl (C=O) groups excluding carboxylic acids is 5. The Morgan fingerprint density at radius 3 is 2.33 bits per heavy atom. The standard InChI is InChI=1S/C33H25NO12/c1-13(35)44-12-32(2)31(41)46-33(3)11-15-8-14-6-7-16-23(21(14)27(38)22(15)30(40)34(32)33)28(39)24-25(36)17-9-19(42-4)20(43-5)10-18(17)45-29(24)26(16)37/h6-10,38H,11-12H2,1-5H3. The molecule has 3 aliphatic rings. The average Bonchev–Trinajstić information content (AvgIpc) is 3.21. The Morgan fingerprint density at radius 2 is 1.65 bits per heavy atom. The zero-order valence-corrected chi connectivity index (χ0v) is 25.2. The molecule has 0 spiro atoms. The van der Waals surface area contributed by atoms with Crippen LogP contribution in [0.2, 0.25) is 0 Å². The van der Waals surface area contributed by atoms with E-state index >= 15 is 0 Å². The first-order valence-corrected chi connectivity index (χ1v) is 14.1. The van der Waals surface area contributed by atoms with Gasteiger partial charge in [-0.25, -0.2) is 4.79 Å². The van der Waals surface area contributed by atoms with Crippen LogP contribution >= 0.6 is 0 Å². The summed E-state index contributed by atoms with van der Waals surface area (Å²) in [5.41, 5.74) is -4.85. The zero-order valence-electron chi connectivity index (χ0n) is 25.2. The van der Waals surface area contributed by atoms with Gasteiger partial charge in [-0.15, -0.1) is 0 Å². The number of amides is 1. The molecular formula is C33H25NO12. The maximum Gasteiger partial charge on any atom is 0.337 e. The molecule has 13 heteroatoms. The monoisotopic (exact) mass is 627 g/mol. The second-order valence-corrected chi connectivity index (χ2v) is 11.8. The van der Waals surface area contributed by atoms with Gasteiger partial charge >= 0.3 is 11.9 Å². The molecule has 2 aliphatic heterocycles. The first-order chi connectivity index (χ1) is 21.8. The smallest absolute Gasteiger partial charge is 0.337 e. The minimum absolute atomic E-state index is 0.00321. The van der Waals surface area contributed by atoms with Gasteiger partial charge in [-0.3, -0.25) is 28.9 Å². The molecule has 0 saturated carbocycles. The lowest BCUT2D eigenvalue weighted by Crippen LogP contribution is -2.61. The van der Waals surface area contributed by atoms with Crippen molar-refractivity contribution >= 4 is 51.2 Å². The molecule has 1 aliphatic carbocycles. The van der Waals surface area contributed by atoms with Crippen LogP contribution in [0.15, 0.2) is 39.5 Å². The van der Waals surface area contributed by atoms with Gasteiger partial charge in [0, 0.05) is 35.9 Å². The highest BCUT2D eigenvalue weighted by Crippen LogP contribution is 2.48. The zero-order chi connectivity index (χ0) is 33.0. The molecule has 3 aromatic carbocycles. The predicted octanol–water partition coefficient (Wildman–Crippen LogP) is 3.04. The molecule has 4 aromatic rings. The van der Waals surface area contributed by atoms with E-state index in [0.717, 1.165) is 11.8 Å². The maximum absolute atomic E-state index is 14.2. The third-order valence-corrected chi connectivity index (χ3v) is 8.87. The van der Waals surface area contributed by atoms with Crippen molar-refractivity contribution in [1.82, 2.24) is 4.90 Å². The molecule has 7 rings (SSSR count). The Morgan fingerprint density at radius 1 is 0.957 bits per heavy atom. The van der Waals surface area contributed by atoms with Crippen LogP contribution < -0.4 is 14.9 Å². The number of nitrogens with zero attached hydrogens (tertiary/aromatic N) is 1. The van der Waals surface area contributed by atoms with Gasteiger partial charge in [0.1, 0.15) is 23.5 Å². The van der Waals surface area contributed by atoms with Gasteiger partial charge in [0.2, 0.25) is 17.0 Å². The van der Waals surface area contributed by atoms with Gasteiger partial charge in [-0.05, 0) is 43.0 Å². The second-order valence-electron chi connectivity index (χ2n) is 11.8. The lowest BCUT2D eigenvalue weighted by atomic mass is 9.80. The van der Waals surface area contributed by atoms with E-state index in [1.54, 1.807) is 6.07 Å². The van der Waals surface area contributed by atoms with Crippen LogP contribution in [-0.4, -0.2) is 71.5 Å².